The molecule has 0 amide bonds. The third-order valence-electron chi connectivity index (χ3n) is 2.35. The Bertz CT molecular complexity index is 669. The number of benzene rings is 1. The van der Waals surface area contributed by atoms with Crippen molar-refractivity contribution in [3.8, 4) is 11.8 Å². The van der Waals surface area contributed by atoms with Crippen LogP contribution in [-0.2, 0) is 0 Å². The largest absolute Gasteiger partial charge is 0.296 e. The fraction of sp³-hybridized carbons (Fsp3) is 0. The molecule has 0 aliphatic rings. The van der Waals surface area contributed by atoms with E-state index in [-0.39, 0.29) is 22.8 Å². The van der Waals surface area contributed by atoms with Crippen LogP contribution in [0.4, 0.5) is 5.69 Å². The van der Waals surface area contributed by atoms with E-state index in [0.29, 0.717) is 6.29 Å². The highest BCUT2D eigenvalue weighted by atomic mass is 16.6. The van der Waals surface area contributed by atoms with Gasteiger partial charge in [0.05, 0.1) is 16.2 Å². The molecule has 0 N–H and O–H groups in total. The highest BCUT2D eigenvalue weighted by Crippen LogP contribution is 2.21. The first-order valence-corrected chi connectivity index (χ1v) is 4.85. The van der Waals surface area contributed by atoms with Crippen molar-refractivity contribution in [2.24, 2.45) is 0 Å². The van der Waals surface area contributed by atoms with Crippen molar-refractivity contribution in [3.63, 3.8) is 0 Å². The smallest absolute Gasteiger partial charge is 0.271 e. The van der Waals surface area contributed by atoms with Crippen LogP contribution in [0.5, 0.6) is 0 Å². The van der Waals surface area contributed by atoms with Crippen LogP contribution in [0.15, 0.2) is 30.6 Å². The molecule has 18 heavy (non-hydrogen) atoms. The van der Waals surface area contributed by atoms with Crippen molar-refractivity contribution in [2.75, 3.05) is 0 Å². The number of non-ortho nitro benzene ring substituents is 1. The number of imidazole rings is 1. The van der Waals surface area contributed by atoms with Gasteiger partial charge in [0.25, 0.3) is 5.69 Å². The lowest BCUT2D eigenvalue weighted by Crippen LogP contribution is -2.02. The summed E-state index contributed by atoms with van der Waals surface area (Å²) in [4.78, 5) is 24.7. The standard InChI is InChI=1S/C11H6N4O3/c12-6-8-1-2-9(15(17)18)5-10(8)14-4-3-13-11(14)7-16/h1-5,7H. The van der Waals surface area contributed by atoms with Gasteiger partial charge in [0.1, 0.15) is 6.07 Å². The van der Waals surface area contributed by atoms with Crippen LogP contribution in [0.2, 0.25) is 0 Å². The highest BCUT2D eigenvalue weighted by Gasteiger charge is 2.14. The topological polar surface area (TPSA) is 102 Å². The minimum absolute atomic E-state index is 0.0759. The van der Waals surface area contributed by atoms with Crippen LogP contribution in [-0.4, -0.2) is 20.8 Å². The van der Waals surface area contributed by atoms with Crippen molar-refractivity contribution >= 4 is 12.0 Å². The van der Waals surface area contributed by atoms with E-state index in [4.69, 9.17) is 5.26 Å². The van der Waals surface area contributed by atoms with E-state index >= 15 is 0 Å². The van der Waals surface area contributed by atoms with E-state index in [2.05, 4.69) is 4.98 Å². The number of aromatic nitrogens is 2. The lowest BCUT2D eigenvalue weighted by molar-refractivity contribution is -0.384. The first kappa shape index (κ1) is 11.5. The average molecular weight is 242 g/mol. The third-order valence-corrected chi connectivity index (χ3v) is 2.35. The molecule has 0 fully saturated rings. The molecular formula is C11H6N4O3. The molecule has 0 atom stereocenters. The zero-order valence-corrected chi connectivity index (χ0v) is 8.98. The number of hydrogen-bond donors (Lipinski definition) is 0. The van der Waals surface area contributed by atoms with Gasteiger partial charge in [0, 0.05) is 24.5 Å². The van der Waals surface area contributed by atoms with Gasteiger partial charge >= 0.3 is 0 Å². The molecule has 0 aliphatic heterocycles. The number of carbonyl (C=O) groups excluding carboxylic acids is 1. The molecule has 1 heterocycles. The minimum Gasteiger partial charge on any atom is -0.296 e. The van der Waals surface area contributed by atoms with Crippen molar-refractivity contribution in [2.45, 2.75) is 0 Å². The summed E-state index contributed by atoms with van der Waals surface area (Å²) in [7, 11) is 0. The molecule has 0 saturated heterocycles. The van der Waals surface area contributed by atoms with E-state index in [0.717, 1.165) is 0 Å². The molecule has 1 aromatic heterocycles. The number of nitro benzene ring substituents is 1. The monoisotopic (exact) mass is 242 g/mol. The Morgan fingerprint density at radius 3 is 2.89 bits per heavy atom. The summed E-state index contributed by atoms with van der Waals surface area (Å²) in [6.07, 6.45) is 3.35. The van der Waals surface area contributed by atoms with Gasteiger partial charge in [0.2, 0.25) is 0 Å². The molecule has 0 radical (unpaired) electrons. The zero-order valence-electron chi connectivity index (χ0n) is 8.98. The lowest BCUT2D eigenvalue weighted by Gasteiger charge is -2.06. The summed E-state index contributed by atoms with van der Waals surface area (Å²) >= 11 is 0. The Kier molecular flexibility index (Phi) is 2.85. The first-order chi connectivity index (χ1) is 8.67. The van der Waals surface area contributed by atoms with E-state index < -0.39 is 4.92 Å². The number of nitrogens with zero attached hydrogens (tertiary/aromatic N) is 4. The molecule has 88 valence electrons. The molecule has 0 aliphatic carbocycles. The third kappa shape index (κ3) is 1.82. The predicted octanol–water partition coefficient (Wildman–Crippen LogP) is 1.46. The number of nitro groups is 1. The quantitative estimate of drug-likeness (QED) is 0.460. The van der Waals surface area contributed by atoms with Crippen molar-refractivity contribution in [3.05, 3.63) is 52.1 Å². The second-order valence-electron chi connectivity index (χ2n) is 3.34. The van der Waals surface area contributed by atoms with Gasteiger partial charge in [-0.05, 0) is 6.07 Å². The Morgan fingerprint density at radius 1 is 1.50 bits per heavy atom. The SMILES string of the molecule is N#Cc1ccc([N+](=O)[O-])cc1-n1ccnc1C=O. The fourth-order valence-electron chi connectivity index (χ4n) is 1.53. The normalized spacial score (nSPS) is 9.72. The number of aldehydes is 1. The molecule has 0 spiro atoms. The van der Waals surface area contributed by atoms with Crippen LogP contribution in [0.25, 0.3) is 5.69 Å². The van der Waals surface area contributed by atoms with Gasteiger partial charge in [0.15, 0.2) is 12.1 Å². The van der Waals surface area contributed by atoms with Gasteiger partial charge in [-0.1, -0.05) is 0 Å². The fourth-order valence-corrected chi connectivity index (χ4v) is 1.53. The molecule has 2 aromatic rings. The van der Waals surface area contributed by atoms with Crippen LogP contribution in [0, 0.1) is 21.4 Å². The maximum absolute atomic E-state index is 10.8. The Hall–Kier alpha value is -3.01. The van der Waals surface area contributed by atoms with Crippen LogP contribution in [0.3, 0.4) is 0 Å². The average Bonchev–Trinajstić information content (AvgIpc) is 2.85. The van der Waals surface area contributed by atoms with Gasteiger partial charge in [-0.3, -0.25) is 19.5 Å². The van der Waals surface area contributed by atoms with Crippen molar-refractivity contribution < 1.29 is 9.72 Å². The first-order valence-electron chi connectivity index (χ1n) is 4.85. The predicted molar refractivity (Wildman–Crippen MR) is 60.3 cm³/mol. The second-order valence-corrected chi connectivity index (χ2v) is 3.34. The molecule has 1 aromatic carbocycles. The van der Waals surface area contributed by atoms with Crippen molar-refractivity contribution in [1.82, 2.24) is 9.55 Å². The van der Waals surface area contributed by atoms with E-state index in [9.17, 15) is 14.9 Å². The van der Waals surface area contributed by atoms with Gasteiger partial charge in [-0.2, -0.15) is 5.26 Å². The zero-order chi connectivity index (χ0) is 13.1. The molecule has 0 saturated carbocycles. The van der Waals surface area contributed by atoms with E-state index in [1.54, 1.807) is 0 Å². The molecule has 0 unspecified atom stereocenters. The summed E-state index contributed by atoms with van der Waals surface area (Å²) in [5, 5.41) is 19.7. The van der Waals surface area contributed by atoms with E-state index in [1.165, 1.54) is 35.2 Å². The van der Waals surface area contributed by atoms with Gasteiger partial charge in [-0.25, -0.2) is 4.98 Å². The van der Waals surface area contributed by atoms with Gasteiger partial charge < -0.3 is 0 Å². The van der Waals surface area contributed by atoms with E-state index in [1.807, 2.05) is 6.07 Å². The number of nitriles is 1. The summed E-state index contributed by atoms with van der Waals surface area (Å²) in [5.41, 5.74) is 0.322. The number of carbonyl (C=O) groups is 1. The van der Waals surface area contributed by atoms with Crippen LogP contribution in [0.1, 0.15) is 16.2 Å². The number of rotatable bonds is 3. The summed E-state index contributed by atoms with van der Waals surface area (Å²) in [6, 6.07) is 5.71. The minimum atomic E-state index is -0.567. The highest BCUT2D eigenvalue weighted by molar-refractivity contribution is 5.71. The maximum atomic E-state index is 10.8. The Labute approximate surface area is 101 Å². The summed E-state index contributed by atoms with van der Waals surface area (Å²) in [5.74, 6) is 0.0759. The summed E-state index contributed by atoms with van der Waals surface area (Å²) < 4.78 is 1.33. The number of hydrogen-bond acceptors (Lipinski definition) is 5. The van der Waals surface area contributed by atoms with Gasteiger partial charge in [-0.15, -0.1) is 0 Å². The van der Waals surface area contributed by atoms with Crippen LogP contribution >= 0.6 is 0 Å². The molecule has 2 rings (SSSR count). The lowest BCUT2D eigenvalue weighted by atomic mass is 10.1. The second kappa shape index (κ2) is 4.47. The summed E-state index contributed by atoms with van der Waals surface area (Å²) in [6.45, 7) is 0. The molecule has 7 nitrogen and oxygen atoms in total. The molecule has 0 bridgehead atoms. The molecular weight excluding hydrogens is 236 g/mol. The molecule has 7 heteroatoms. The Morgan fingerprint density at radius 2 is 2.28 bits per heavy atom. The van der Waals surface area contributed by atoms with Crippen LogP contribution < -0.4 is 0 Å². The maximum Gasteiger partial charge on any atom is 0.271 e. The van der Waals surface area contributed by atoms with Crippen molar-refractivity contribution in [1.29, 1.82) is 5.26 Å². The Balaban J connectivity index is 2.69.